The summed E-state index contributed by atoms with van der Waals surface area (Å²) in [4.78, 5) is 27.1. The first-order chi connectivity index (χ1) is 14.7. The summed E-state index contributed by atoms with van der Waals surface area (Å²) in [6.07, 6.45) is 2.99. The Morgan fingerprint density at radius 3 is 2.77 bits per heavy atom. The maximum Gasteiger partial charge on any atom is 0.419 e. The number of aromatic nitrogens is 1. The molecule has 3 heterocycles. The highest BCUT2D eigenvalue weighted by Gasteiger charge is 2.30. The minimum atomic E-state index is -0.426. The number of carbonyl (C=O) groups excluding carboxylic acids is 1. The van der Waals surface area contributed by atoms with Gasteiger partial charge in [0.1, 0.15) is 0 Å². The molecule has 5 rings (SSSR count). The van der Waals surface area contributed by atoms with E-state index in [-0.39, 0.29) is 18.4 Å². The van der Waals surface area contributed by atoms with E-state index in [0.717, 1.165) is 48.4 Å². The first kappa shape index (κ1) is 18.8. The van der Waals surface area contributed by atoms with Crippen molar-refractivity contribution in [1.29, 1.82) is 0 Å². The molecule has 1 amide bonds. The van der Waals surface area contributed by atoms with Crippen molar-refractivity contribution in [2.24, 2.45) is 0 Å². The molecule has 7 nitrogen and oxygen atoms in total. The number of carbonyl (C=O) groups is 1. The number of hydrogen-bond acceptors (Lipinski definition) is 5. The largest absolute Gasteiger partial charge is 0.490 e. The van der Waals surface area contributed by atoms with Gasteiger partial charge in [0, 0.05) is 25.9 Å². The van der Waals surface area contributed by atoms with Crippen LogP contribution in [0.3, 0.4) is 0 Å². The standard InChI is InChI=1S/C23H24N2O5/c26-22(10-12-25-18-5-1-2-7-19(18)30-23(25)27)24-11-3-6-17(24)16-8-9-20-21(15-16)29-14-4-13-28-20/h1-2,5,7-9,15,17H,3-4,6,10-14H2. The number of oxazole rings is 1. The molecule has 1 unspecified atom stereocenters. The highest BCUT2D eigenvalue weighted by atomic mass is 16.5. The number of likely N-dealkylation sites (tertiary alicyclic amines) is 1. The van der Waals surface area contributed by atoms with Crippen molar-refractivity contribution in [1.82, 2.24) is 9.47 Å². The number of ether oxygens (including phenoxy) is 2. The number of benzene rings is 2. The van der Waals surface area contributed by atoms with Crippen LogP contribution in [0.1, 0.15) is 37.3 Å². The van der Waals surface area contributed by atoms with Gasteiger partial charge in [-0.2, -0.15) is 0 Å². The molecule has 7 heteroatoms. The Hall–Kier alpha value is -3.22. The van der Waals surface area contributed by atoms with Crippen LogP contribution in [0.2, 0.25) is 0 Å². The molecule has 3 aromatic rings. The zero-order chi connectivity index (χ0) is 20.5. The van der Waals surface area contributed by atoms with Gasteiger partial charge in [0.25, 0.3) is 0 Å². The van der Waals surface area contributed by atoms with Gasteiger partial charge >= 0.3 is 5.76 Å². The van der Waals surface area contributed by atoms with Gasteiger partial charge in [-0.1, -0.05) is 18.2 Å². The van der Waals surface area contributed by atoms with E-state index in [2.05, 4.69) is 0 Å². The van der Waals surface area contributed by atoms with E-state index < -0.39 is 5.76 Å². The van der Waals surface area contributed by atoms with Gasteiger partial charge in [-0.3, -0.25) is 9.36 Å². The Morgan fingerprint density at radius 1 is 1.03 bits per heavy atom. The normalized spacial score (nSPS) is 18.5. The molecule has 2 aliphatic rings. The zero-order valence-corrected chi connectivity index (χ0v) is 16.7. The van der Waals surface area contributed by atoms with Crippen molar-refractivity contribution in [3.05, 3.63) is 58.6 Å². The third-order valence-electron chi connectivity index (χ3n) is 5.85. The lowest BCUT2D eigenvalue weighted by molar-refractivity contribution is -0.132. The Labute approximate surface area is 173 Å². The molecule has 2 aliphatic heterocycles. The van der Waals surface area contributed by atoms with Crippen LogP contribution in [0.5, 0.6) is 11.5 Å². The second kappa shape index (κ2) is 7.89. The van der Waals surface area contributed by atoms with Crippen LogP contribution in [0.15, 0.2) is 51.7 Å². The molecule has 0 N–H and O–H groups in total. The summed E-state index contributed by atoms with van der Waals surface area (Å²) >= 11 is 0. The molecule has 0 spiro atoms. The van der Waals surface area contributed by atoms with Gasteiger partial charge in [0.05, 0.1) is 24.8 Å². The average Bonchev–Trinajstić information content (AvgIpc) is 3.29. The number of rotatable bonds is 4. The van der Waals surface area contributed by atoms with Crippen LogP contribution in [-0.2, 0) is 11.3 Å². The van der Waals surface area contributed by atoms with Crippen LogP contribution in [0, 0.1) is 0 Å². The lowest BCUT2D eigenvalue weighted by Gasteiger charge is -2.26. The molecular formula is C23H24N2O5. The lowest BCUT2D eigenvalue weighted by Crippen LogP contribution is -2.32. The molecule has 30 heavy (non-hydrogen) atoms. The van der Waals surface area contributed by atoms with Crippen molar-refractivity contribution in [3.63, 3.8) is 0 Å². The molecule has 1 fully saturated rings. The van der Waals surface area contributed by atoms with Crippen molar-refractivity contribution >= 4 is 17.0 Å². The number of fused-ring (bicyclic) bond motifs is 2. The van der Waals surface area contributed by atoms with Crippen LogP contribution in [0.4, 0.5) is 0 Å². The van der Waals surface area contributed by atoms with Crippen LogP contribution in [-0.4, -0.2) is 35.1 Å². The van der Waals surface area contributed by atoms with Crippen molar-refractivity contribution in [2.45, 2.75) is 38.3 Å². The smallest absolute Gasteiger partial charge is 0.419 e. The fourth-order valence-electron chi connectivity index (χ4n) is 4.38. The quantitative estimate of drug-likeness (QED) is 0.661. The van der Waals surface area contributed by atoms with E-state index in [0.29, 0.717) is 25.3 Å². The van der Waals surface area contributed by atoms with Gasteiger partial charge in [0.15, 0.2) is 17.1 Å². The number of amides is 1. The molecular weight excluding hydrogens is 384 g/mol. The lowest BCUT2D eigenvalue weighted by atomic mass is 10.0. The summed E-state index contributed by atoms with van der Waals surface area (Å²) in [5.41, 5.74) is 2.33. The maximum absolute atomic E-state index is 13.0. The second-order valence-electron chi connectivity index (χ2n) is 7.74. The van der Waals surface area contributed by atoms with Crippen LogP contribution in [0.25, 0.3) is 11.1 Å². The monoisotopic (exact) mass is 408 g/mol. The molecule has 0 radical (unpaired) electrons. The van der Waals surface area contributed by atoms with E-state index in [1.165, 1.54) is 4.57 Å². The summed E-state index contributed by atoms with van der Waals surface area (Å²) in [7, 11) is 0. The fourth-order valence-corrected chi connectivity index (χ4v) is 4.38. The molecule has 0 aliphatic carbocycles. The van der Waals surface area contributed by atoms with E-state index in [1.807, 2.05) is 41.3 Å². The third-order valence-corrected chi connectivity index (χ3v) is 5.85. The average molecular weight is 408 g/mol. The van der Waals surface area contributed by atoms with Gasteiger partial charge in [-0.25, -0.2) is 4.79 Å². The van der Waals surface area contributed by atoms with Gasteiger partial charge < -0.3 is 18.8 Å². The third kappa shape index (κ3) is 3.44. The Bertz CT molecular complexity index is 1130. The van der Waals surface area contributed by atoms with Crippen molar-refractivity contribution in [3.8, 4) is 11.5 Å². The number of nitrogens with zero attached hydrogens (tertiary/aromatic N) is 2. The molecule has 0 saturated carbocycles. The molecule has 1 atom stereocenters. The minimum Gasteiger partial charge on any atom is -0.490 e. The van der Waals surface area contributed by atoms with Crippen molar-refractivity contribution < 1.29 is 18.7 Å². The van der Waals surface area contributed by atoms with Gasteiger partial charge in [0.2, 0.25) is 5.91 Å². The maximum atomic E-state index is 13.0. The predicted molar refractivity (Wildman–Crippen MR) is 111 cm³/mol. The van der Waals surface area contributed by atoms with Crippen molar-refractivity contribution in [2.75, 3.05) is 19.8 Å². The summed E-state index contributed by atoms with van der Waals surface area (Å²) < 4.78 is 18.3. The minimum absolute atomic E-state index is 0.0208. The highest BCUT2D eigenvalue weighted by Crippen LogP contribution is 2.38. The molecule has 0 bridgehead atoms. The number of aryl methyl sites for hydroxylation is 1. The van der Waals surface area contributed by atoms with Gasteiger partial charge in [-0.05, 0) is 42.7 Å². The van der Waals surface area contributed by atoms with E-state index in [9.17, 15) is 9.59 Å². The van der Waals surface area contributed by atoms with Crippen LogP contribution >= 0.6 is 0 Å². The summed E-state index contributed by atoms with van der Waals surface area (Å²) in [5, 5.41) is 0. The molecule has 2 aromatic carbocycles. The summed E-state index contributed by atoms with van der Waals surface area (Å²) in [6.45, 7) is 2.32. The Morgan fingerprint density at radius 2 is 1.87 bits per heavy atom. The highest BCUT2D eigenvalue weighted by molar-refractivity contribution is 5.78. The van der Waals surface area contributed by atoms with Crippen LogP contribution < -0.4 is 15.2 Å². The Balaban J connectivity index is 1.32. The SMILES string of the molecule is O=C(CCn1c(=O)oc2ccccc21)N1CCCC1c1ccc2c(c1)OCCCO2. The van der Waals surface area contributed by atoms with E-state index in [1.54, 1.807) is 6.07 Å². The second-order valence-corrected chi connectivity index (χ2v) is 7.74. The topological polar surface area (TPSA) is 73.9 Å². The number of hydrogen-bond donors (Lipinski definition) is 0. The Kier molecular flexibility index (Phi) is 4.94. The summed E-state index contributed by atoms with van der Waals surface area (Å²) in [6, 6.07) is 13.3. The fraction of sp³-hybridized carbons (Fsp3) is 0.391. The first-order valence-electron chi connectivity index (χ1n) is 10.5. The van der Waals surface area contributed by atoms with Gasteiger partial charge in [-0.15, -0.1) is 0 Å². The number of para-hydroxylation sites is 2. The molecule has 156 valence electrons. The molecule has 1 aromatic heterocycles. The first-order valence-corrected chi connectivity index (χ1v) is 10.5. The van der Waals surface area contributed by atoms with E-state index >= 15 is 0 Å². The summed E-state index contributed by atoms with van der Waals surface area (Å²) in [5.74, 6) is 1.13. The molecule has 1 saturated heterocycles. The zero-order valence-electron chi connectivity index (χ0n) is 16.7. The van der Waals surface area contributed by atoms with E-state index in [4.69, 9.17) is 13.9 Å². The predicted octanol–water partition coefficient (Wildman–Crippen LogP) is 3.51.